The lowest BCUT2D eigenvalue weighted by Gasteiger charge is -2.24. The minimum atomic E-state index is -0.817. The molecule has 0 saturated carbocycles. The first-order valence-electron chi connectivity index (χ1n) is 13.7. The SMILES string of the molecule is C=C(CN1CCCC1)C(=O)NC[C@H](Cc1ccccc1)NC(=O)[C@H](Cc1nc2ccc(Cl)cc2s1)NC(=O)CC. The lowest BCUT2D eigenvalue weighted by atomic mass is 10.0. The van der Waals surface area contributed by atoms with E-state index in [-0.39, 0.29) is 37.1 Å². The van der Waals surface area contributed by atoms with Gasteiger partial charge in [-0.3, -0.25) is 19.3 Å². The number of fused-ring (bicyclic) bond motifs is 1. The molecule has 1 aromatic heterocycles. The molecule has 212 valence electrons. The average molecular weight is 582 g/mol. The van der Waals surface area contributed by atoms with Crippen molar-refractivity contribution in [3.63, 3.8) is 0 Å². The summed E-state index contributed by atoms with van der Waals surface area (Å²) in [5.41, 5.74) is 2.33. The summed E-state index contributed by atoms with van der Waals surface area (Å²) < 4.78 is 0.919. The summed E-state index contributed by atoms with van der Waals surface area (Å²) in [5, 5.41) is 10.2. The molecule has 1 aliphatic heterocycles. The maximum absolute atomic E-state index is 13.6. The quantitative estimate of drug-likeness (QED) is 0.266. The number of thiazole rings is 1. The van der Waals surface area contributed by atoms with E-state index in [1.165, 1.54) is 11.3 Å². The van der Waals surface area contributed by atoms with Crippen molar-refractivity contribution in [2.24, 2.45) is 0 Å². The van der Waals surface area contributed by atoms with Crippen LogP contribution in [0, 0.1) is 0 Å². The van der Waals surface area contributed by atoms with E-state index >= 15 is 0 Å². The summed E-state index contributed by atoms with van der Waals surface area (Å²) in [6.45, 7) is 8.45. The number of likely N-dealkylation sites (tertiary alicyclic amines) is 1. The lowest BCUT2D eigenvalue weighted by Crippen LogP contribution is -2.53. The second kappa shape index (κ2) is 14.4. The van der Waals surface area contributed by atoms with Gasteiger partial charge in [0.15, 0.2) is 0 Å². The van der Waals surface area contributed by atoms with Crippen LogP contribution in [0.15, 0.2) is 60.7 Å². The van der Waals surface area contributed by atoms with Gasteiger partial charge < -0.3 is 16.0 Å². The Morgan fingerprint density at radius 3 is 2.55 bits per heavy atom. The highest BCUT2D eigenvalue weighted by Crippen LogP contribution is 2.26. The molecule has 1 saturated heterocycles. The molecule has 3 amide bonds. The van der Waals surface area contributed by atoms with Crippen LogP contribution in [0.3, 0.4) is 0 Å². The first kappa shape index (κ1) is 29.7. The summed E-state index contributed by atoms with van der Waals surface area (Å²) in [4.78, 5) is 45.6. The van der Waals surface area contributed by atoms with Crippen molar-refractivity contribution >= 4 is 50.9 Å². The van der Waals surface area contributed by atoms with E-state index in [4.69, 9.17) is 11.6 Å². The number of nitrogens with zero attached hydrogens (tertiary/aromatic N) is 2. The average Bonchev–Trinajstić information content (AvgIpc) is 3.60. The molecule has 8 nitrogen and oxygen atoms in total. The smallest absolute Gasteiger partial charge is 0.247 e. The molecule has 3 N–H and O–H groups in total. The molecule has 1 fully saturated rings. The van der Waals surface area contributed by atoms with E-state index in [9.17, 15) is 14.4 Å². The van der Waals surface area contributed by atoms with Crippen LogP contribution in [0.1, 0.15) is 36.8 Å². The van der Waals surface area contributed by atoms with Crippen LogP contribution < -0.4 is 16.0 Å². The van der Waals surface area contributed by atoms with Crippen LogP contribution in [-0.4, -0.2) is 65.9 Å². The number of carbonyl (C=O) groups is 3. The molecule has 2 atom stereocenters. The molecule has 2 aromatic carbocycles. The first-order chi connectivity index (χ1) is 19.3. The van der Waals surface area contributed by atoms with E-state index in [0.717, 1.165) is 46.7 Å². The van der Waals surface area contributed by atoms with Crippen LogP contribution in [0.4, 0.5) is 0 Å². The highest BCUT2D eigenvalue weighted by molar-refractivity contribution is 7.18. The summed E-state index contributed by atoms with van der Waals surface area (Å²) in [7, 11) is 0. The molecular formula is C30H36ClN5O3S. The minimum Gasteiger partial charge on any atom is -0.350 e. The van der Waals surface area contributed by atoms with Gasteiger partial charge in [-0.25, -0.2) is 4.98 Å². The molecule has 0 unspecified atom stereocenters. The summed E-state index contributed by atoms with van der Waals surface area (Å²) in [5.74, 6) is -0.774. The Bertz CT molecular complexity index is 1340. The zero-order valence-electron chi connectivity index (χ0n) is 22.7. The van der Waals surface area contributed by atoms with Gasteiger partial charge in [0, 0.05) is 36.5 Å². The van der Waals surface area contributed by atoms with Gasteiger partial charge in [0.1, 0.15) is 6.04 Å². The number of hydrogen-bond donors (Lipinski definition) is 3. The van der Waals surface area contributed by atoms with Crippen LogP contribution in [0.2, 0.25) is 5.02 Å². The predicted octanol–water partition coefficient (Wildman–Crippen LogP) is 3.88. The number of benzene rings is 2. The highest BCUT2D eigenvalue weighted by Gasteiger charge is 2.26. The summed E-state index contributed by atoms with van der Waals surface area (Å²) >= 11 is 7.58. The Labute approximate surface area is 244 Å². The molecule has 4 rings (SSSR count). The number of rotatable bonds is 13. The number of aromatic nitrogens is 1. The van der Waals surface area contributed by atoms with E-state index in [1.54, 1.807) is 13.0 Å². The van der Waals surface area contributed by atoms with Gasteiger partial charge in [-0.1, -0.05) is 55.4 Å². The molecule has 0 aliphatic carbocycles. The van der Waals surface area contributed by atoms with E-state index < -0.39 is 12.1 Å². The maximum Gasteiger partial charge on any atom is 0.247 e. The maximum atomic E-state index is 13.6. The molecule has 2 heterocycles. The zero-order chi connectivity index (χ0) is 28.5. The molecule has 10 heteroatoms. The number of halogens is 1. The second-order valence-corrected chi connectivity index (χ2v) is 11.6. The Morgan fingerprint density at radius 2 is 1.82 bits per heavy atom. The Morgan fingerprint density at radius 1 is 1.07 bits per heavy atom. The van der Waals surface area contributed by atoms with E-state index in [2.05, 4.69) is 32.4 Å². The summed E-state index contributed by atoms with van der Waals surface area (Å²) in [6, 6.07) is 14.0. The van der Waals surface area contributed by atoms with Gasteiger partial charge in [0.2, 0.25) is 17.7 Å². The largest absolute Gasteiger partial charge is 0.350 e. The fourth-order valence-electron chi connectivity index (χ4n) is 4.71. The van der Waals surface area contributed by atoms with Crippen molar-refractivity contribution in [1.29, 1.82) is 0 Å². The van der Waals surface area contributed by atoms with Gasteiger partial charge in [0.25, 0.3) is 0 Å². The fourth-order valence-corrected chi connectivity index (χ4v) is 6.00. The van der Waals surface area contributed by atoms with E-state index in [1.807, 2.05) is 42.5 Å². The van der Waals surface area contributed by atoms with Crippen LogP contribution in [0.5, 0.6) is 0 Å². The lowest BCUT2D eigenvalue weighted by molar-refractivity contribution is -0.129. The predicted molar refractivity (Wildman–Crippen MR) is 160 cm³/mol. The Kier molecular flexibility index (Phi) is 10.7. The standard InChI is InChI=1S/C30H36ClN5O3S/c1-3-27(37)34-25(17-28-35-24-12-11-22(31)16-26(24)40-28)30(39)33-23(15-21-9-5-4-6-10-21)18-32-29(38)20(2)19-36-13-7-8-14-36/h4-6,9-12,16,23,25H,2-3,7-8,13-15,17-19H2,1H3,(H,32,38)(H,33,39)(H,34,37)/t23-,25-/m0/s1. The second-order valence-electron chi connectivity index (χ2n) is 10.1. The monoisotopic (exact) mass is 581 g/mol. The normalized spacial score (nSPS) is 14.9. The number of carbonyl (C=O) groups excluding carboxylic acids is 3. The van der Waals surface area contributed by atoms with Gasteiger partial charge in [0.05, 0.1) is 21.3 Å². The molecule has 0 radical (unpaired) electrons. The number of hydrogen-bond acceptors (Lipinski definition) is 6. The summed E-state index contributed by atoms with van der Waals surface area (Å²) in [6.07, 6.45) is 3.29. The van der Waals surface area contributed by atoms with Gasteiger partial charge >= 0.3 is 0 Å². The number of nitrogens with one attached hydrogen (secondary N) is 3. The van der Waals surface area contributed by atoms with Crippen molar-refractivity contribution in [2.75, 3.05) is 26.2 Å². The molecule has 1 aliphatic rings. The topological polar surface area (TPSA) is 103 Å². The van der Waals surface area contributed by atoms with Gasteiger partial charge in [-0.2, -0.15) is 0 Å². The van der Waals surface area contributed by atoms with Crippen LogP contribution in [0.25, 0.3) is 10.2 Å². The molecule has 0 spiro atoms. The first-order valence-corrected chi connectivity index (χ1v) is 14.9. The Hall–Kier alpha value is -3.27. The van der Waals surface area contributed by atoms with Crippen molar-refractivity contribution in [1.82, 2.24) is 25.8 Å². The molecular weight excluding hydrogens is 546 g/mol. The van der Waals surface area contributed by atoms with Crippen molar-refractivity contribution < 1.29 is 14.4 Å². The third-order valence-electron chi connectivity index (χ3n) is 6.86. The Balaban J connectivity index is 1.45. The zero-order valence-corrected chi connectivity index (χ0v) is 24.3. The van der Waals surface area contributed by atoms with Crippen molar-refractivity contribution in [2.45, 2.75) is 51.1 Å². The van der Waals surface area contributed by atoms with E-state index in [0.29, 0.717) is 23.6 Å². The van der Waals surface area contributed by atoms with Gasteiger partial charge in [-0.05, 0) is 56.1 Å². The fraction of sp³-hybridized carbons (Fsp3) is 0.400. The van der Waals surface area contributed by atoms with Crippen molar-refractivity contribution in [3.8, 4) is 0 Å². The van der Waals surface area contributed by atoms with Crippen LogP contribution >= 0.6 is 22.9 Å². The van der Waals surface area contributed by atoms with Crippen molar-refractivity contribution in [3.05, 3.63) is 76.3 Å². The third kappa shape index (κ3) is 8.61. The van der Waals surface area contributed by atoms with Crippen LogP contribution in [-0.2, 0) is 27.2 Å². The molecule has 0 bridgehead atoms. The van der Waals surface area contributed by atoms with Gasteiger partial charge in [-0.15, -0.1) is 11.3 Å². The molecule has 3 aromatic rings. The third-order valence-corrected chi connectivity index (χ3v) is 8.14. The highest BCUT2D eigenvalue weighted by atomic mass is 35.5. The number of amides is 3. The minimum absolute atomic E-state index is 0.219. The molecule has 40 heavy (non-hydrogen) atoms.